The second-order valence-electron chi connectivity index (χ2n) is 3.78. The molecule has 0 spiro atoms. The Morgan fingerprint density at radius 2 is 1.22 bits per heavy atom. The van der Waals surface area contributed by atoms with E-state index >= 15 is 0 Å². The van der Waals surface area contributed by atoms with Crippen LogP contribution in [0.1, 0.15) is 12.8 Å². The van der Waals surface area contributed by atoms with Crippen molar-refractivity contribution in [3.63, 3.8) is 0 Å². The van der Waals surface area contributed by atoms with Crippen molar-refractivity contribution in [3.05, 3.63) is 22.8 Å². The fourth-order valence-corrected chi connectivity index (χ4v) is 1.82. The topological polar surface area (TPSA) is 97.0 Å². The fourth-order valence-electron chi connectivity index (χ4n) is 1.82. The quantitative estimate of drug-likeness (QED) is 0.757. The summed E-state index contributed by atoms with van der Waals surface area (Å²) in [7, 11) is 0. The Morgan fingerprint density at radius 3 is 1.61 bits per heavy atom. The van der Waals surface area contributed by atoms with E-state index in [2.05, 4.69) is 20.0 Å². The predicted molar refractivity (Wildman–Crippen MR) is 63.4 cm³/mol. The molecule has 0 aromatic heterocycles. The smallest absolute Gasteiger partial charge is 0.143 e. The van der Waals surface area contributed by atoms with Crippen molar-refractivity contribution in [2.75, 3.05) is 0 Å². The first kappa shape index (κ1) is 10.3. The molecule has 1 aromatic carbocycles. The summed E-state index contributed by atoms with van der Waals surface area (Å²) in [5, 5.41) is 18.6. The van der Waals surface area contributed by atoms with Crippen molar-refractivity contribution in [2.45, 2.75) is 12.8 Å². The molecule has 0 bridgehead atoms. The molecular formula is C12H6N6. The third-order valence-corrected chi connectivity index (χ3v) is 2.54. The summed E-state index contributed by atoms with van der Waals surface area (Å²) in [6.45, 7) is 0. The number of nitrogens with zero attached hydrogens (tertiary/aromatic N) is 6. The summed E-state index contributed by atoms with van der Waals surface area (Å²) in [6, 6.07) is 7.60. The highest BCUT2D eigenvalue weighted by atomic mass is 15.0. The monoisotopic (exact) mass is 234 g/mol. The fraction of sp³-hybridized carbons (Fsp3) is 0.167. The lowest BCUT2D eigenvalue weighted by Gasteiger charge is -1.89. The van der Waals surface area contributed by atoms with Gasteiger partial charge in [0.05, 0.1) is 47.1 Å². The van der Waals surface area contributed by atoms with Gasteiger partial charge in [-0.15, -0.1) is 0 Å². The Hall–Kier alpha value is -2.86. The maximum absolute atomic E-state index is 8.60. The van der Waals surface area contributed by atoms with Gasteiger partial charge >= 0.3 is 0 Å². The zero-order valence-electron chi connectivity index (χ0n) is 9.25. The van der Waals surface area contributed by atoms with Crippen LogP contribution < -0.4 is 10.7 Å². The molecule has 84 valence electrons. The SMILES string of the molecule is N#CCC1=Nc2cc3c(cc2=N1)N=C(CC#N)N=3. The molecule has 0 saturated carbocycles. The van der Waals surface area contributed by atoms with Gasteiger partial charge in [-0.3, -0.25) is 0 Å². The molecule has 1 aromatic rings. The molecule has 18 heavy (non-hydrogen) atoms. The van der Waals surface area contributed by atoms with Gasteiger partial charge in [-0.05, 0) is 12.1 Å². The van der Waals surface area contributed by atoms with Crippen molar-refractivity contribution in [1.29, 1.82) is 10.5 Å². The first-order valence-electron chi connectivity index (χ1n) is 5.30. The van der Waals surface area contributed by atoms with Crippen LogP contribution in [0.3, 0.4) is 0 Å². The number of hydrogen-bond donors (Lipinski definition) is 0. The van der Waals surface area contributed by atoms with E-state index in [0.29, 0.717) is 33.8 Å². The van der Waals surface area contributed by atoms with Crippen LogP contribution in [0, 0.1) is 22.7 Å². The van der Waals surface area contributed by atoms with Crippen molar-refractivity contribution in [1.82, 2.24) is 0 Å². The van der Waals surface area contributed by atoms with Gasteiger partial charge in [0.15, 0.2) is 0 Å². The molecule has 2 aliphatic rings. The van der Waals surface area contributed by atoms with Crippen LogP contribution in [0.25, 0.3) is 0 Å². The number of fused-ring (bicyclic) bond motifs is 2. The molecule has 0 saturated heterocycles. The van der Waals surface area contributed by atoms with E-state index < -0.39 is 0 Å². The molecule has 0 unspecified atom stereocenters. The molecule has 0 aliphatic carbocycles. The summed E-state index contributed by atoms with van der Waals surface area (Å²) in [4.78, 5) is 17.0. The van der Waals surface area contributed by atoms with Gasteiger partial charge in [0.1, 0.15) is 11.7 Å². The highest BCUT2D eigenvalue weighted by Gasteiger charge is 2.14. The molecule has 0 amide bonds. The number of rotatable bonds is 2. The molecule has 0 radical (unpaired) electrons. The Kier molecular flexibility index (Phi) is 2.21. The number of amidine groups is 2. The average molecular weight is 234 g/mol. The van der Waals surface area contributed by atoms with Crippen molar-refractivity contribution in [2.24, 2.45) is 20.0 Å². The molecule has 6 nitrogen and oxygen atoms in total. The second-order valence-corrected chi connectivity index (χ2v) is 3.78. The second kappa shape index (κ2) is 3.86. The normalized spacial score (nSPS) is 14.3. The van der Waals surface area contributed by atoms with E-state index in [9.17, 15) is 0 Å². The number of hydrogen-bond acceptors (Lipinski definition) is 6. The Labute approximate surface area is 102 Å². The summed E-state index contributed by atoms with van der Waals surface area (Å²) in [5.74, 6) is 1.02. The van der Waals surface area contributed by atoms with E-state index in [1.54, 1.807) is 12.1 Å². The van der Waals surface area contributed by atoms with Gasteiger partial charge in [-0.25, -0.2) is 20.0 Å². The van der Waals surface area contributed by atoms with Crippen LogP contribution in [0.2, 0.25) is 0 Å². The summed E-state index contributed by atoms with van der Waals surface area (Å²) in [5.41, 5.74) is 1.41. The molecule has 2 heterocycles. The van der Waals surface area contributed by atoms with Gasteiger partial charge in [0.2, 0.25) is 0 Å². The molecular weight excluding hydrogens is 228 g/mol. The van der Waals surface area contributed by atoms with Crippen LogP contribution >= 0.6 is 0 Å². The van der Waals surface area contributed by atoms with Crippen molar-refractivity contribution >= 4 is 23.0 Å². The van der Waals surface area contributed by atoms with Crippen LogP contribution in [0.15, 0.2) is 32.1 Å². The van der Waals surface area contributed by atoms with E-state index in [0.717, 1.165) is 0 Å². The molecule has 0 atom stereocenters. The van der Waals surface area contributed by atoms with Crippen molar-refractivity contribution < 1.29 is 0 Å². The Bertz CT molecular complexity index is 731. The highest BCUT2D eigenvalue weighted by molar-refractivity contribution is 5.92. The highest BCUT2D eigenvalue weighted by Crippen LogP contribution is 2.17. The lowest BCUT2D eigenvalue weighted by Crippen LogP contribution is -2.07. The Morgan fingerprint density at radius 1 is 0.778 bits per heavy atom. The first-order valence-corrected chi connectivity index (χ1v) is 5.30. The zero-order chi connectivity index (χ0) is 12.5. The van der Waals surface area contributed by atoms with Gasteiger partial charge in [0.25, 0.3) is 0 Å². The van der Waals surface area contributed by atoms with E-state index in [4.69, 9.17) is 10.5 Å². The molecule has 0 fully saturated rings. The van der Waals surface area contributed by atoms with Crippen molar-refractivity contribution in [3.8, 4) is 12.1 Å². The number of benzene rings is 1. The molecule has 3 rings (SSSR count). The third kappa shape index (κ3) is 1.57. The largest absolute Gasteiger partial charge is 0.230 e. The molecule has 6 heteroatoms. The minimum Gasteiger partial charge on any atom is -0.230 e. The summed E-state index contributed by atoms with van der Waals surface area (Å²) < 4.78 is 0. The minimum atomic E-state index is 0.194. The summed E-state index contributed by atoms with van der Waals surface area (Å²) in [6.07, 6.45) is 0.388. The van der Waals surface area contributed by atoms with Crippen LogP contribution in [-0.4, -0.2) is 11.7 Å². The zero-order valence-corrected chi connectivity index (χ0v) is 9.25. The van der Waals surface area contributed by atoms with Gasteiger partial charge in [-0.1, -0.05) is 0 Å². The van der Waals surface area contributed by atoms with Crippen LogP contribution in [-0.2, 0) is 0 Å². The third-order valence-electron chi connectivity index (χ3n) is 2.54. The summed E-state index contributed by atoms with van der Waals surface area (Å²) >= 11 is 0. The van der Waals surface area contributed by atoms with E-state index in [1.807, 2.05) is 12.1 Å². The number of aliphatic imine (C=N–C) groups is 2. The minimum absolute atomic E-state index is 0.194. The van der Waals surface area contributed by atoms with Gasteiger partial charge in [-0.2, -0.15) is 10.5 Å². The maximum Gasteiger partial charge on any atom is 0.143 e. The Balaban J connectivity index is 2.06. The maximum atomic E-state index is 8.60. The predicted octanol–water partition coefficient (Wildman–Crippen LogP) is 0.840. The van der Waals surface area contributed by atoms with Crippen LogP contribution in [0.4, 0.5) is 11.4 Å². The van der Waals surface area contributed by atoms with Gasteiger partial charge in [0, 0.05) is 0 Å². The standard InChI is InChI=1S/C12H6N6/c13-3-1-11-15-7-5-9-10(6-8(7)16-11)18-12(17-9)2-4-14/h5-6H,1-2H2. The van der Waals surface area contributed by atoms with E-state index in [1.165, 1.54) is 0 Å². The lowest BCUT2D eigenvalue weighted by atomic mass is 10.2. The average Bonchev–Trinajstić information content (AvgIpc) is 2.88. The van der Waals surface area contributed by atoms with Gasteiger partial charge < -0.3 is 0 Å². The molecule has 2 aliphatic heterocycles. The van der Waals surface area contributed by atoms with Crippen LogP contribution in [0.5, 0.6) is 0 Å². The van der Waals surface area contributed by atoms with E-state index in [-0.39, 0.29) is 12.8 Å². The molecule has 0 N–H and O–H groups in total. The number of nitriles is 2. The lowest BCUT2D eigenvalue weighted by molar-refractivity contribution is 1.34. The first-order chi connectivity index (χ1) is 8.80.